The Bertz CT molecular complexity index is 1120. The predicted molar refractivity (Wildman–Crippen MR) is 135 cm³/mol. The number of benzene rings is 2. The molecule has 1 saturated heterocycles. The van der Waals surface area contributed by atoms with Crippen molar-refractivity contribution in [2.45, 2.75) is 53.3 Å². The van der Waals surface area contributed by atoms with Gasteiger partial charge in [0.05, 0.1) is 18.4 Å². The molecule has 35 heavy (non-hydrogen) atoms. The minimum atomic E-state index is -0.160. The minimum Gasteiger partial charge on any atom is -0.493 e. The highest BCUT2D eigenvalue weighted by Crippen LogP contribution is 2.29. The fourth-order valence-corrected chi connectivity index (χ4v) is 4.52. The number of carbonyl (C=O) groups is 1. The first-order valence-electron chi connectivity index (χ1n) is 12.2. The molecular formula is C28H35N3O4. The number of carbonyl (C=O) groups excluding carboxylic acids is 1. The van der Waals surface area contributed by atoms with Crippen molar-refractivity contribution in [3.8, 4) is 11.5 Å². The van der Waals surface area contributed by atoms with Crippen molar-refractivity contribution in [1.29, 1.82) is 0 Å². The first-order chi connectivity index (χ1) is 16.9. The quantitative estimate of drug-likeness (QED) is 0.465. The van der Waals surface area contributed by atoms with Crippen molar-refractivity contribution < 1.29 is 18.8 Å². The van der Waals surface area contributed by atoms with Gasteiger partial charge in [-0.2, -0.15) is 0 Å². The minimum absolute atomic E-state index is 0.160. The zero-order valence-electron chi connectivity index (χ0n) is 21.1. The topological polar surface area (TPSA) is 76.8 Å². The SMILES string of the molecule is COc1cc(C(=O)NCc2ccc(CN3CCC[C@H](C)C3)cc2)ccc1OCc1c(C)noc1C. The number of rotatable bonds is 9. The van der Waals surface area contributed by atoms with Gasteiger partial charge in [0, 0.05) is 25.2 Å². The van der Waals surface area contributed by atoms with E-state index in [0.29, 0.717) is 30.2 Å². The third-order valence-electron chi connectivity index (χ3n) is 6.60. The molecule has 0 saturated carbocycles. The highest BCUT2D eigenvalue weighted by molar-refractivity contribution is 5.94. The highest BCUT2D eigenvalue weighted by Gasteiger charge is 2.17. The molecule has 7 heteroatoms. The van der Waals surface area contributed by atoms with Crippen molar-refractivity contribution in [1.82, 2.24) is 15.4 Å². The largest absolute Gasteiger partial charge is 0.493 e. The summed E-state index contributed by atoms with van der Waals surface area (Å²) in [6.45, 7) is 10.2. The van der Waals surface area contributed by atoms with Gasteiger partial charge in [-0.1, -0.05) is 36.3 Å². The average Bonchev–Trinajstić information content (AvgIpc) is 3.18. The zero-order valence-corrected chi connectivity index (χ0v) is 21.1. The van der Waals surface area contributed by atoms with Gasteiger partial charge in [-0.15, -0.1) is 0 Å². The summed E-state index contributed by atoms with van der Waals surface area (Å²) in [6, 6.07) is 13.7. The van der Waals surface area contributed by atoms with Crippen molar-refractivity contribution in [2.75, 3.05) is 20.2 Å². The second kappa shape index (κ2) is 11.4. The van der Waals surface area contributed by atoms with Gasteiger partial charge in [-0.25, -0.2) is 0 Å². The van der Waals surface area contributed by atoms with E-state index >= 15 is 0 Å². The van der Waals surface area contributed by atoms with E-state index in [-0.39, 0.29) is 5.91 Å². The molecule has 2 heterocycles. The number of nitrogens with one attached hydrogen (secondary N) is 1. The second-order valence-electron chi connectivity index (χ2n) is 9.44. The molecule has 0 radical (unpaired) electrons. The van der Waals surface area contributed by atoms with Crippen LogP contribution in [0.15, 0.2) is 47.0 Å². The lowest BCUT2D eigenvalue weighted by molar-refractivity contribution is 0.0950. The van der Waals surface area contributed by atoms with Crippen LogP contribution >= 0.6 is 0 Å². The molecule has 0 unspecified atom stereocenters. The molecule has 7 nitrogen and oxygen atoms in total. The van der Waals surface area contributed by atoms with Crippen molar-refractivity contribution in [2.24, 2.45) is 5.92 Å². The summed E-state index contributed by atoms with van der Waals surface area (Å²) in [5, 5.41) is 6.94. The standard InChI is InChI=1S/C28H35N3O4/c1-19-6-5-13-31(16-19)17-23-9-7-22(8-10-23)15-29-28(32)24-11-12-26(27(14-24)33-4)34-18-25-20(2)30-35-21(25)3/h7-12,14,19H,5-6,13,15-18H2,1-4H3,(H,29,32)/t19-/m0/s1. The van der Waals surface area contributed by atoms with Crippen LogP contribution in [0, 0.1) is 19.8 Å². The van der Waals surface area contributed by atoms with E-state index in [9.17, 15) is 4.79 Å². The first-order valence-corrected chi connectivity index (χ1v) is 12.2. The van der Waals surface area contributed by atoms with E-state index in [1.54, 1.807) is 25.3 Å². The molecule has 2 aromatic carbocycles. The number of piperidine rings is 1. The molecule has 186 valence electrons. The van der Waals surface area contributed by atoms with Crippen LogP contribution in [-0.4, -0.2) is 36.2 Å². The fraction of sp³-hybridized carbons (Fsp3) is 0.429. The van der Waals surface area contributed by atoms with Gasteiger partial charge in [0.25, 0.3) is 5.91 Å². The Balaban J connectivity index is 1.31. The molecule has 1 amide bonds. The van der Waals surface area contributed by atoms with Gasteiger partial charge < -0.3 is 19.3 Å². The first kappa shape index (κ1) is 24.8. The summed E-state index contributed by atoms with van der Waals surface area (Å²) in [4.78, 5) is 15.3. The molecule has 4 rings (SSSR count). The lowest BCUT2D eigenvalue weighted by atomic mass is 9.99. The van der Waals surface area contributed by atoms with Gasteiger partial charge in [-0.3, -0.25) is 9.69 Å². The van der Waals surface area contributed by atoms with Crippen LogP contribution in [0.25, 0.3) is 0 Å². The van der Waals surface area contributed by atoms with Gasteiger partial charge in [0.1, 0.15) is 12.4 Å². The lowest BCUT2D eigenvalue weighted by Crippen LogP contribution is -2.33. The van der Waals surface area contributed by atoms with Gasteiger partial charge in [-0.05, 0) is 68.5 Å². The van der Waals surface area contributed by atoms with E-state index in [1.807, 2.05) is 13.8 Å². The summed E-state index contributed by atoms with van der Waals surface area (Å²) in [5.74, 6) is 2.40. The molecule has 1 aliphatic heterocycles. The highest BCUT2D eigenvalue weighted by atomic mass is 16.5. The molecule has 1 atom stereocenters. The number of amides is 1. The van der Waals surface area contributed by atoms with Crippen LogP contribution in [0.4, 0.5) is 0 Å². The number of nitrogens with zero attached hydrogens (tertiary/aromatic N) is 2. The smallest absolute Gasteiger partial charge is 0.251 e. The summed E-state index contributed by atoms with van der Waals surface area (Å²) < 4.78 is 16.6. The molecule has 0 aliphatic carbocycles. The number of methoxy groups -OCH3 is 1. The summed E-state index contributed by atoms with van der Waals surface area (Å²) >= 11 is 0. The summed E-state index contributed by atoms with van der Waals surface area (Å²) in [5.41, 5.74) is 4.60. The number of aryl methyl sites for hydroxylation is 2. The van der Waals surface area contributed by atoms with Crippen molar-refractivity contribution in [3.05, 3.63) is 76.2 Å². The molecule has 1 aromatic heterocycles. The Hall–Kier alpha value is -3.32. The second-order valence-corrected chi connectivity index (χ2v) is 9.44. The normalized spacial score (nSPS) is 16.2. The number of ether oxygens (including phenoxy) is 2. The van der Waals surface area contributed by atoms with E-state index in [0.717, 1.165) is 35.0 Å². The Morgan fingerprint density at radius 3 is 2.60 bits per heavy atom. The van der Waals surface area contributed by atoms with E-state index in [4.69, 9.17) is 14.0 Å². The Morgan fingerprint density at radius 1 is 1.14 bits per heavy atom. The van der Waals surface area contributed by atoms with Gasteiger partial charge in [0.15, 0.2) is 11.5 Å². The van der Waals surface area contributed by atoms with Crippen LogP contribution in [-0.2, 0) is 19.7 Å². The fourth-order valence-electron chi connectivity index (χ4n) is 4.52. The molecule has 0 bridgehead atoms. The molecule has 1 aliphatic rings. The Labute approximate surface area is 207 Å². The molecule has 1 fully saturated rings. The van der Waals surface area contributed by atoms with Gasteiger partial charge >= 0.3 is 0 Å². The molecule has 1 N–H and O–H groups in total. The molecule has 3 aromatic rings. The number of aromatic nitrogens is 1. The molecular weight excluding hydrogens is 442 g/mol. The van der Waals surface area contributed by atoms with Crippen LogP contribution in [0.2, 0.25) is 0 Å². The van der Waals surface area contributed by atoms with Crippen molar-refractivity contribution in [3.63, 3.8) is 0 Å². The summed E-state index contributed by atoms with van der Waals surface area (Å²) in [6.07, 6.45) is 2.61. The van der Waals surface area contributed by atoms with Crippen LogP contribution in [0.1, 0.15) is 58.3 Å². The summed E-state index contributed by atoms with van der Waals surface area (Å²) in [7, 11) is 1.56. The maximum Gasteiger partial charge on any atom is 0.251 e. The number of likely N-dealkylation sites (tertiary alicyclic amines) is 1. The number of hydrogen-bond acceptors (Lipinski definition) is 6. The Morgan fingerprint density at radius 2 is 1.91 bits per heavy atom. The average molecular weight is 478 g/mol. The van der Waals surface area contributed by atoms with Crippen LogP contribution in [0.3, 0.4) is 0 Å². The maximum atomic E-state index is 12.8. The van der Waals surface area contributed by atoms with Gasteiger partial charge in [0.2, 0.25) is 0 Å². The lowest BCUT2D eigenvalue weighted by Gasteiger charge is -2.30. The van der Waals surface area contributed by atoms with Crippen LogP contribution in [0.5, 0.6) is 11.5 Å². The maximum absolute atomic E-state index is 12.8. The molecule has 0 spiro atoms. The van der Waals surface area contributed by atoms with Crippen molar-refractivity contribution >= 4 is 5.91 Å². The van der Waals surface area contributed by atoms with E-state index in [2.05, 4.69) is 46.6 Å². The number of hydrogen-bond donors (Lipinski definition) is 1. The predicted octanol–water partition coefficient (Wildman–Crippen LogP) is 5.04. The van der Waals surface area contributed by atoms with E-state index in [1.165, 1.54) is 31.5 Å². The van der Waals surface area contributed by atoms with Crippen LogP contribution < -0.4 is 14.8 Å². The third-order valence-corrected chi connectivity index (χ3v) is 6.60. The monoisotopic (exact) mass is 477 g/mol. The Kier molecular flexibility index (Phi) is 8.08. The third kappa shape index (κ3) is 6.42. The zero-order chi connectivity index (χ0) is 24.8. The van der Waals surface area contributed by atoms with E-state index < -0.39 is 0 Å².